The van der Waals surface area contributed by atoms with Crippen molar-refractivity contribution in [3.05, 3.63) is 0 Å². The Labute approximate surface area is 165 Å². The van der Waals surface area contributed by atoms with Gasteiger partial charge in [0.2, 0.25) is 0 Å². The highest BCUT2D eigenvalue weighted by Crippen LogP contribution is 2.16. The van der Waals surface area contributed by atoms with Crippen LogP contribution in [0.1, 0.15) is 46.5 Å². The van der Waals surface area contributed by atoms with Gasteiger partial charge in [-0.3, -0.25) is 4.99 Å². The van der Waals surface area contributed by atoms with Gasteiger partial charge in [0.05, 0.1) is 4.75 Å². The zero-order valence-corrected chi connectivity index (χ0v) is 18.9. The molecule has 0 saturated carbocycles. The molecule has 1 fully saturated rings. The van der Waals surface area contributed by atoms with Gasteiger partial charge < -0.3 is 15.5 Å². The molecule has 0 radical (unpaired) electrons. The van der Waals surface area contributed by atoms with Gasteiger partial charge in [-0.15, -0.1) is 24.0 Å². The first-order chi connectivity index (χ1) is 10.7. The molecule has 0 aromatic carbocycles. The Hall–Kier alpha value is -0.0900. The number of aliphatic imine (C=N–C) groups is 1. The zero-order chi connectivity index (χ0) is 17.5. The van der Waals surface area contributed by atoms with Gasteiger partial charge in [-0.2, -0.15) is 0 Å². The number of likely N-dealkylation sites (tertiary alicyclic amines) is 1. The van der Waals surface area contributed by atoms with Gasteiger partial charge in [0.25, 0.3) is 0 Å². The van der Waals surface area contributed by atoms with E-state index in [0.29, 0.717) is 18.5 Å². The summed E-state index contributed by atoms with van der Waals surface area (Å²) in [6, 6.07) is 0.691. The average molecular weight is 474 g/mol. The fourth-order valence-electron chi connectivity index (χ4n) is 2.63. The number of hydrogen-bond acceptors (Lipinski definition) is 4. The maximum Gasteiger partial charge on any atom is 0.191 e. The first kappa shape index (κ1) is 23.9. The molecule has 24 heavy (non-hydrogen) atoms. The summed E-state index contributed by atoms with van der Waals surface area (Å²) in [7, 11) is -1.40. The molecule has 8 heteroatoms. The molecule has 1 aliphatic heterocycles. The quantitative estimate of drug-likeness (QED) is 0.255. The van der Waals surface area contributed by atoms with Crippen LogP contribution in [0.3, 0.4) is 0 Å². The van der Waals surface area contributed by atoms with Crippen LogP contribution in [0.4, 0.5) is 0 Å². The zero-order valence-electron chi connectivity index (χ0n) is 15.8. The monoisotopic (exact) mass is 474 g/mol. The third kappa shape index (κ3) is 7.86. The van der Waals surface area contributed by atoms with Crippen molar-refractivity contribution in [1.82, 2.24) is 15.5 Å². The Balaban J connectivity index is 0.00000529. The molecule has 1 aliphatic rings. The number of halogens is 1. The number of rotatable bonds is 7. The van der Waals surface area contributed by atoms with Crippen molar-refractivity contribution in [2.75, 3.05) is 39.5 Å². The molecule has 1 rings (SSSR count). The van der Waals surface area contributed by atoms with Gasteiger partial charge in [-0.25, -0.2) is 8.42 Å². The Kier molecular flexibility index (Phi) is 10.8. The molecular formula is C16H35IN4O2S. The number of sulfone groups is 1. The average Bonchev–Trinajstić information content (AvgIpc) is 2.47. The summed E-state index contributed by atoms with van der Waals surface area (Å²) in [5.74, 6) is 0.661. The number of guanidine groups is 1. The molecular weight excluding hydrogens is 439 g/mol. The first-order valence-electron chi connectivity index (χ1n) is 8.55. The van der Waals surface area contributed by atoms with Gasteiger partial charge in [0, 0.05) is 39.0 Å². The fourth-order valence-corrected chi connectivity index (χ4v) is 2.96. The van der Waals surface area contributed by atoms with Crippen LogP contribution in [-0.2, 0) is 9.84 Å². The maximum absolute atomic E-state index is 11.7. The molecule has 0 bridgehead atoms. The molecule has 1 heterocycles. The molecule has 1 unspecified atom stereocenters. The van der Waals surface area contributed by atoms with E-state index in [1.807, 2.05) is 0 Å². The molecule has 0 aromatic rings. The molecule has 1 atom stereocenters. The van der Waals surface area contributed by atoms with E-state index >= 15 is 0 Å². The highest BCUT2D eigenvalue weighted by atomic mass is 127. The summed E-state index contributed by atoms with van der Waals surface area (Å²) >= 11 is 0. The summed E-state index contributed by atoms with van der Waals surface area (Å²) in [6.45, 7) is 9.23. The maximum atomic E-state index is 11.7. The highest BCUT2D eigenvalue weighted by Gasteiger charge is 2.30. The van der Waals surface area contributed by atoms with E-state index in [1.54, 1.807) is 20.9 Å². The number of nitrogens with zero attached hydrogens (tertiary/aromatic N) is 2. The SMILES string of the molecule is CN=C(NCCCN1CCCCC1C)NCC(C)(C)S(C)(=O)=O.I. The van der Waals surface area contributed by atoms with Crippen molar-refractivity contribution in [2.45, 2.75) is 57.2 Å². The van der Waals surface area contributed by atoms with Crippen molar-refractivity contribution >= 4 is 39.8 Å². The molecule has 2 N–H and O–H groups in total. The number of piperidine rings is 1. The van der Waals surface area contributed by atoms with Crippen molar-refractivity contribution < 1.29 is 8.42 Å². The van der Waals surface area contributed by atoms with Crippen LogP contribution in [0.5, 0.6) is 0 Å². The second-order valence-corrected chi connectivity index (χ2v) is 9.77. The van der Waals surface area contributed by atoms with E-state index in [2.05, 4.69) is 27.4 Å². The lowest BCUT2D eigenvalue weighted by molar-refractivity contribution is 0.159. The van der Waals surface area contributed by atoms with Crippen LogP contribution in [0.25, 0.3) is 0 Å². The summed E-state index contributed by atoms with van der Waals surface area (Å²) in [5.41, 5.74) is 0. The van der Waals surface area contributed by atoms with E-state index < -0.39 is 14.6 Å². The van der Waals surface area contributed by atoms with Gasteiger partial charge in [0.1, 0.15) is 0 Å². The predicted octanol–water partition coefficient (Wildman–Crippen LogP) is 1.86. The normalized spacial score (nSPS) is 20.4. The lowest BCUT2D eigenvalue weighted by atomic mass is 10.0. The van der Waals surface area contributed by atoms with Crippen LogP contribution in [0.15, 0.2) is 4.99 Å². The molecule has 144 valence electrons. The summed E-state index contributed by atoms with van der Waals surface area (Å²) < 4.78 is 22.6. The van der Waals surface area contributed by atoms with Gasteiger partial charge in [0.15, 0.2) is 15.8 Å². The van der Waals surface area contributed by atoms with E-state index in [1.165, 1.54) is 32.1 Å². The minimum absolute atomic E-state index is 0. The van der Waals surface area contributed by atoms with Gasteiger partial charge in [-0.05, 0) is 46.6 Å². The molecule has 6 nitrogen and oxygen atoms in total. The second kappa shape index (κ2) is 10.8. The molecule has 1 saturated heterocycles. The Bertz CT molecular complexity index is 494. The van der Waals surface area contributed by atoms with Gasteiger partial charge in [-0.1, -0.05) is 6.42 Å². The summed E-state index contributed by atoms with van der Waals surface area (Å²) in [6.07, 6.45) is 6.28. The van der Waals surface area contributed by atoms with Crippen LogP contribution >= 0.6 is 24.0 Å². The van der Waals surface area contributed by atoms with Crippen molar-refractivity contribution in [1.29, 1.82) is 0 Å². The largest absolute Gasteiger partial charge is 0.356 e. The number of nitrogens with one attached hydrogen (secondary N) is 2. The molecule has 0 aromatic heterocycles. The van der Waals surface area contributed by atoms with Crippen LogP contribution in [0, 0.1) is 0 Å². The minimum atomic E-state index is -3.10. The van der Waals surface area contributed by atoms with Crippen molar-refractivity contribution in [3.63, 3.8) is 0 Å². The Morgan fingerprint density at radius 1 is 1.29 bits per heavy atom. The first-order valence-corrected chi connectivity index (χ1v) is 10.4. The van der Waals surface area contributed by atoms with Crippen LogP contribution in [-0.4, -0.2) is 69.5 Å². The van der Waals surface area contributed by atoms with Crippen LogP contribution in [0.2, 0.25) is 0 Å². The van der Waals surface area contributed by atoms with E-state index in [0.717, 1.165) is 19.5 Å². The van der Waals surface area contributed by atoms with Crippen molar-refractivity contribution in [3.8, 4) is 0 Å². The Morgan fingerprint density at radius 2 is 1.96 bits per heavy atom. The summed E-state index contributed by atoms with van der Waals surface area (Å²) in [4.78, 5) is 6.71. The minimum Gasteiger partial charge on any atom is -0.356 e. The topological polar surface area (TPSA) is 73.8 Å². The number of hydrogen-bond donors (Lipinski definition) is 2. The van der Waals surface area contributed by atoms with Crippen molar-refractivity contribution in [2.24, 2.45) is 4.99 Å². The molecule has 0 aliphatic carbocycles. The molecule has 0 amide bonds. The standard InChI is InChI=1S/C16H34N4O2S.HI/c1-14-9-6-7-11-20(14)12-8-10-18-15(17-4)19-13-16(2,3)23(5,21)22;/h14H,6-13H2,1-5H3,(H2,17,18,19);1H. The third-order valence-electron chi connectivity index (χ3n) is 4.76. The smallest absolute Gasteiger partial charge is 0.191 e. The Morgan fingerprint density at radius 3 is 2.50 bits per heavy atom. The van der Waals surface area contributed by atoms with Gasteiger partial charge >= 0.3 is 0 Å². The van der Waals surface area contributed by atoms with E-state index in [-0.39, 0.29) is 24.0 Å². The summed E-state index contributed by atoms with van der Waals surface area (Å²) in [5, 5.41) is 6.37. The third-order valence-corrected chi connectivity index (χ3v) is 6.92. The van der Waals surface area contributed by atoms with E-state index in [9.17, 15) is 8.42 Å². The predicted molar refractivity (Wildman–Crippen MR) is 113 cm³/mol. The van der Waals surface area contributed by atoms with Crippen LogP contribution < -0.4 is 10.6 Å². The molecule has 0 spiro atoms. The lowest BCUT2D eigenvalue weighted by Gasteiger charge is -2.33. The highest BCUT2D eigenvalue weighted by molar-refractivity contribution is 14.0. The lowest BCUT2D eigenvalue weighted by Crippen LogP contribution is -2.48. The van der Waals surface area contributed by atoms with E-state index in [4.69, 9.17) is 0 Å². The fraction of sp³-hybridized carbons (Fsp3) is 0.938. The second-order valence-electron chi connectivity index (χ2n) is 7.12.